The van der Waals surface area contributed by atoms with Crippen LogP contribution in [0.4, 0.5) is 5.69 Å². The van der Waals surface area contributed by atoms with E-state index < -0.39 is 5.54 Å². The number of hydrogen-bond acceptors (Lipinski definition) is 3. The summed E-state index contributed by atoms with van der Waals surface area (Å²) in [5.74, 6) is 0.233. The van der Waals surface area contributed by atoms with Crippen molar-refractivity contribution in [3.05, 3.63) is 101 Å². The minimum absolute atomic E-state index is 0.213. The first-order valence-corrected chi connectivity index (χ1v) is 11.4. The van der Waals surface area contributed by atoms with E-state index in [0.717, 1.165) is 28.1 Å². The highest BCUT2D eigenvalue weighted by Crippen LogP contribution is 2.38. The van der Waals surface area contributed by atoms with Crippen LogP contribution in [0.25, 0.3) is 11.5 Å². The van der Waals surface area contributed by atoms with E-state index >= 15 is 0 Å². The van der Waals surface area contributed by atoms with Crippen LogP contribution < -0.4 is 10.2 Å². The fourth-order valence-corrected chi connectivity index (χ4v) is 4.68. The van der Waals surface area contributed by atoms with Gasteiger partial charge >= 0.3 is 0 Å². The molecule has 3 heterocycles. The summed E-state index contributed by atoms with van der Waals surface area (Å²) in [6, 6.07) is 23.0. The molecule has 2 aromatic heterocycles. The summed E-state index contributed by atoms with van der Waals surface area (Å²) in [5.41, 5.74) is 3.93. The van der Waals surface area contributed by atoms with Gasteiger partial charge in [-0.2, -0.15) is 0 Å². The summed E-state index contributed by atoms with van der Waals surface area (Å²) in [7, 11) is 0. The average Bonchev–Trinajstić information content (AvgIpc) is 3.51. The number of benzene rings is 2. The lowest BCUT2D eigenvalue weighted by Gasteiger charge is -2.44. The Morgan fingerprint density at radius 3 is 2.47 bits per heavy atom. The molecule has 0 aliphatic carbocycles. The Balaban J connectivity index is 1.60. The second-order valence-corrected chi connectivity index (χ2v) is 8.97. The van der Waals surface area contributed by atoms with E-state index in [-0.39, 0.29) is 11.8 Å². The molecule has 2 aromatic carbocycles. The molecule has 0 unspecified atom stereocenters. The highest BCUT2D eigenvalue weighted by Gasteiger charge is 2.49. The Morgan fingerprint density at radius 1 is 0.971 bits per heavy atom. The molecule has 1 atom stereocenters. The Hall–Kier alpha value is -4.06. The van der Waals surface area contributed by atoms with Gasteiger partial charge in [0.15, 0.2) is 0 Å². The van der Waals surface area contributed by atoms with Crippen molar-refractivity contribution in [1.82, 2.24) is 9.88 Å². The van der Waals surface area contributed by atoms with Crippen LogP contribution >= 0.6 is 0 Å². The van der Waals surface area contributed by atoms with Gasteiger partial charge in [0.1, 0.15) is 17.0 Å². The molecule has 34 heavy (non-hydrogen) atoms. The number of nitrogens with one attached hydrogen (secondary N) is 1. The number of furan rings is 1. The van der Waals surface area contributed by atoms with Gasteiger partial charge in [-0.05, 0) is 67.8 Å². The van der Waals surface area contributed by atoms with Crippen LogP contribution in [0.5, 0.6) is 0 Å². The SMILES string of the molecule is Cc1cccc(N2C(=O)c3ccc(-c4ccco4)n3C[C@]2(C)C(=O)NCc2ccccc2)c1C. The molecule has 2 amide bonds. The molecule has 5 rings (SSSR count). The van der Waals surface area contributed by atoms with Gasteiger partial charge < -0.3 is 14.3 Å². The van der Waals surface area contributed by atoms with Crippen molar-refractivity contribution in [1.29, 1.82) is 0 Å². The van der Waals surface area contributed by atoms with Gasteiger partial charge in [0.2, 0.25) is 5.91 Å². The van der Waals surface area contributed by atoms with Crippen molar-refractivity contribution in [3.63, 3.8) is 0 Å². The second kappa shape index (κ2) is 8.37. The lowest BCUT2D eigenvalue weighted by molar-refractivity contribution is -0.126. The van der Waals surface area contributed by atoms with Crippen LogP contribution in [0.3, 0.4) is 0 Å². The number of fused-ring (bicyclic) bond motifs is 1. The molecule has 0 saturated carbocycles. The second-order valence-electron chi connectivity index (χ2n) is 8.97. The quantitative estimate of drug-likeness (QED) is 0.457. The Labute approximate surface area is 198 Å². The predicted octanol–water partition coefficient (Wildman–Crippen LogP) is 5.10. The van der Waals surface area contributed by atoms with Crippen molar-refractivity contribution in [2.24, 2.45) is 0 Å². The van der Waals surface area contributed by atoms with E-state index in [1.54, 1.807) is 17.2 Å². The molecule has 0 bridgehead atoms. The van der Waals surface area contributed by atoms with Gasteiger partial charge in [-0.1, -0.05) is 42.5 Å². The minimum atomic E-state index is -1.15. The largest absolute Gasteiger partial charge is 0.463 e. The molecule has 6 nitrogen and oxygen atoms in total. The zero-order chi connectivity index (χ0) is 23.9. The molecule has 4 aromatic rings. The van der Waals surface area contributed by atoms with E-state index in [2.05, 4.69) is 5.32 Å². The predicted molar refractivity (Wildman–Crippen MR) is 132 cm³/mol. The summed E-state index contributed by atoms with van der Waals surface area (Å²) >= 11 is 0. The van der Waals surface area contributed by atoms with Crippen LogP contribution in [0, 0.1) is 13.8 Å². The highest BCUT2D eigenvalue weighted by molar-refractivity contribution is 6.12. The van der Waals surface area contributed by atoms with Crippen LogP contribution in [0.1, 0.15) is 34.1 Å². The summed E-state index contributed by atoms with van der Waals surface area (Å²) in [6.45, 7) is 6.51. The van der Waals surface area contributed by atoms with Crippen LogP contribution in [0.2, 0.25) is 0 Å². The fraction of sp³-hybridized carbons (Fsp3) is 0.214. The van der Waals surface area contributed by atoms with Crippen LogP contribution in [-0.4, -0.2) is 21.9 Å². The third-order valence-electron chi connectivity index (χ3n) is 6.74. The first kappa shape index (κ1) is 21.8. The summed E-state index contributed by atoms with van der Waals surface area (Å²) in [4.78, 5) is 29.4. The van der Waals surface area contributed by atoms with Crippen LogP contribution in [-0.2, 0) is 17.9 Å². The molecule has 1 aliphatic heterocycles. The number of aryl methyl sites for hydroxylation is 1. The molecule has 0 saturated heterocycles. The van der Waals surface area contributed by atoms with E-state index in [1.807, 2.05) is 92.1 Å². The highest BCUT2D eigenvalue weighted by atomic mass is 16.3. The normalized spacial score (nSPS) is 17.5. The number of carbonyl (C=O) groups is 2. The van der Waals surface area contributed by atoms with Crippen molar-refractivity contribution < 1.29 is 14.0 Å². The topological polar surface area (TPSA) is 67.5 Å². The van der Waals surface area contributed by atoms with E-state index in [1.165, 1.54) is 0 Å². The average molecular weight is 454 g/mol. The summed E-state index contributed by atoms with van der Waals surface area (Å²) < 4.78 is 7.51. The number of aromatic nitrogens is 1. The smallest absolute Gasteiger partial charge is 0.275 e. The third kappa shape index (κ3) is 3.52. The van der Waals surface area contributed by atoms with Gasteiger partial charge in [0.05, 0.1) is 18.5 Å². The Morgan fingerprint density at radius 2 is 1.74 bits per heavy atom. The molecule has 0 spiro atoms. The number of rotatable bonds is 5. The monoisotopic (exact) mass is 453 g/mol. The van der Waals surface area contributed by atoms with Gasteiger partial charge in [-0.3, -0.25) is 14.5 Å². The molecular weight excluding hydrogens is 426 g/mol. The molecule has 0 radical (unpaired) electrons. The maximum atomic E-state index is 14.0. The van der Waals surface area contributed by atoms with Crippen molar-refractivity contribution in [2.75, 3.05) is 4.90 Å². The molecule has 1 aliphatic rings. The van der Waals surface area contributed by atoms with E-state index in [0.29, 0.717) is 24.5 Å². The van der Waals surface area contributed by atoms with Crippen molar-refractivity contribution in [3.8, 4) is 11.5 Å². The first-order chi connectivity index (χ1) is 16.4. The van der Waals surface area contributed by atoms with Crippen molar-refractivity contribution >= 4 is 17.5 Å². The Bertz CT molecular complexity index is 1360. The maximum Gasteiger partial charge on any atom is 0.275 e. The number of nitrogens with zero attached hydrogens (tertiary/aromatic N) is 2. The Kier molecular flexibility index (Phi) is 5.36. The maximum absolute atomic E-state index is 14.0. The molecule has 6 heteroatoms. The van der Waals surface area contributed by atoms with Crippen LogP contribution in [0.15, 0.2) is 83.5 Å². The lowest BCUT2D eigenvalue weighted by Crippen LogP contribution is -2.64. The fourth-order valence-electron chi connectivity index (χ4n) is 4.68. The van der Waals surface area contributed by atoms with Gasteiger partial charge in [-0.15, -0.1) is 0 Å². The third-order valence-corrected chi connectivity index (χ3v) is 6.74. The van der Waals surface area contributed by atoms with E-state index in [4.69, 9.17) is 4.42 Å². The standard InChI is InChI=1S/C28H27N3O3/c1-19-9-7-12-22(20(19)2)31-26(32)24-15-14-23(25-13-8-16-34-25)30(24)18-28(31,3)27(33)29-17-21-10-5-4-6-11-21/h4-16H,17-18H2,1-3H3,(H,29,33)/t28-/m1/s1. The van der Waals surface area contributed by atoms with Gasteiger partial charge in [0.25, 0.3) is 5.91 Å². The summed E-state index contributed by atoms with van der Waals surface area (Å²) in [5, 5.41) is 3.07. The zero-order valence-electron chi connectivity index (χ0n) is 19.5. The minimum Gasteiger partial charge on any atom is -0.463 e. The van der Waals surface area contributed by atoms with E-state index in [9.17, 15) is 9.59 Å². The number of anilines is 1. The lowest BCUT2D eigenvalue weighted by atomic mass is 9.92. The number of amides is 2. The molecule has 1 N–H and O–H groups in total. The molecule has 0 fully saturated rings. The molecule has 172 valence electrons. The zero-order valence-corrected chi connectivity index (χ0v) is 19.5. The van der Waals surface area contributed by atoms with Gasteiger partial charge in [-0.25, -0.2) is 0 Å². The summed E-state index contributed by atoms with van der Waals surface area (Å²) in [6.07, 6.45) is 1.61. The number of hydrogen-bond donors (Lipinski definition) is 1. The van der Waals surface area contributed by atoms with Crippen molar-refractivity contribution in [2.45, 2.75) is 39.4 Å². The van der Waals surface area contributed by atoms with Gasteiger partial charge in [0, 0.05) is 12.2 Å². The first-order valence-electron chi connectivity index (χ1n) is 11.4. The molecular formula is C28H27N3O3. The number of carbonyl (C=O) groups excluding carboxylic acids is 2.